The van der Waals surface area contributed by atoms with Crippen LogP contribution >= 0.6 is 0 Å². The number of ketones is 1. The van der Waals surface area contributed by atoms with Gasteiger partial charge in [0.25, 0.3) is 0 Å². The zero-order valence-corrected chi connectivity index (χ0v) is 10.5. The Kier molecular flexibility index (Phi) is 3.03. The van der Waals surface area contributed by atoms with Gasteiger partial charge in [0.15, 0.2) is 5.78 Å². The molecule has 0 radical (unpaired) electrons. The van der Waals surface area contributed by atoms with Crippen LogP contribution in [0, 0.1) is 5.82 Å². The number of carbonyl (C=O) groups excluding carboxylic acids is 1. The van der Waals surface area contributed by atoms with Crippen LogP contribution in [0.1, 0.15) is 22.3 Å². The number of rotatable bonds is 2. The highest BCUT2D eigenvalue weighted by atomic mass is 19.1. The molecule has 19 heavy (non-hydrogen) atoms. The highest BCUT2D eigenvalue weighted by Gasteiger charge is 2.23. The monoisotopic (exact) mass is 255 g/mol. The van der Waals surface area contributed by atoms with Crippen LogP contribution in [0.5, 0.6) is 0 Å². The molecule has 3 rings (SSSR count). The second kappa shape index (κ2) is 4.84. The van der Waals surface area contributed by atoms with Crippen molar-refractivity contribution in [3.05, 3.63) is 65.5 Å². The van der Waals surface area contributed by atoms with Gasteiger partial charge < -0.3 is 4.90 Å². The molecule has 0 bridgehead atoms. The number of benzene rings is 2. The van der Waals surface area contributed by atoms with Gasteiger partial charge in [-0.2, -0.15) is 0 Å². The minimum atomic E-state index is -0.353. The Morgan fingerprint density at radius 3 is 2.68 bits per heavy atom. The molecule has 2 aromatic carbocycles. The Morgan fingerprint density at radius 1 is 1.11 bits per heavy atom. The first-order chi connectivity index (χ1) is 9.24. The number of hydrogen-bond donors (Lipinski definition) is 0. The Morgan fingerprint density at radius 2 is 1.89 bits per heavy atom. The molecule has 3 heteroatoms. The molecule has 0 atom stereocenters. The lowest BCUT2D eigenvalue weighted by molar-refractivity contribution is 0.0979. The first-order valence-corrected chi connectivity index (χ1v) is 6.35. The zero-order valence-electron chi connectivity index (χ0n) is 10.5. The van der Waals surface area contributed by atoms with E-state index in [-0.39, 0.29) is 11.6 Å². The zero-order chi connectivity index (χ0) is 13.2. The van der Waals surface area contributed by atoms with Gasteiger partial charge in [-0.05, 0) is 23.8 Å². The van der Waals surface area contributed by atoms with Crippen LogP contribution in [0.4, 0.5) is 10.1 Å². The van der Waals surface area contributed by atoms with Gasteiger partial charge in [-0.25, -0.2) is 4.39 Å². The Bertz CT molecular complexity index is 609. The number of halogens is 1. The van der Waals surface area contributed by atoms with E-state index in [2.05, 4.69) is 17.0 Å². The molecule has 0 saturated carbocycles. The molecule has 2 nitrogen and oxygen atoms in total. The highest BCUT2D eigenvalue weighted by molar-refractivity contribution is 6.03. The molecule has 0 saturated heterocycles. The minimum absolute atomic E-state index is 0.0267. The highest BCUT2D eigenvalue weighted by Crippen LogP contribution is 2.28. The molecule has 96 valence electrons. The Hall–Kier alpha value is -2.16. The summed E-state index contributed by atoms with van der Waals surface area (Å²) in [6.07, 6.45) is 0.448. The summed E-state index contributed by atoms with van der Waals surface area (Å²) in [4.78, 5) is 14.0. The van der Waals surface area contributed by atoms with Gasteiger partial charge in [-0.1, -0.05) is 30.3 Å². The molecule has 2 aromatic rings. The van der Waals surface area contributed by atoms with E-state index in [9.17, 15) is 9.18 Å². The van der Waals surface area contributed by atoms with Crippen LogP contribution in [0.2, 0.25) is 0 Å². The number of hydrogen-bond acceptors (Lipinski definition) is 2. The number of nitrogens with zero attached hydrogens (tertiary/aromatic N) is 1. The Balaban J connectivity index is 1.93. The van der Waals surface area contributed by atoms with E-state index in [1.165, 1.54) is 17.7 Å². The number of anilines is 1. The van der Waals surface area contributed by atoms with Crippen LogP contribution in [-0.4, -0.2) is 12.3 Å². The van der Waals surface area contributed by atoms with Crippen molar-refractivity contribution >= 4 is 11.5 Å². The van der Waals surface area contributed by atoms with E-state index in [0.29, 0.717) is 18.5 Å². The maximum atomic E-state index is 13.3. The van der Waals surface area contributed by atoms with E-state index >= 15 is 0 Å². The summed E-state index contributed by atoms with van der Waals surface area (Å²) >= 11 is 0. The molecule has 0 aromatic heterocycles. The van der Waals surface area contributed by atoms with Gasteiger partial charge in [-0.15, -0.1) is 0 Å². The van der Waals surface area contributed by atoms with Crippen molar-refractivity contribution in [3.63, 3.8) is 0 Å². The fourth-order valence-electron chi connectivity index (χ4n) is 2.47. The first kappa shape index (κ1) is 11.9. The third kappa shape index (κ3) is 2.36. The molecule has 0 spiro atoms. The molecular formula is C16H14FNO. The molecule has 0 aliphatic carbocycles. The number of carbonyl (C=O) groups is 1. The second-order valence-corrected chi connectivity index (χ2v) is 4.74. The van der Waals surface area contributed by atoms with Crippen LogP contribution in [0.25, 0.3) is 0 Å². The van der Waals surface area contributed by atoms with E-state index in [0.717, 1.165) is 12.2 Å². The van der Waals surface area contributed by atoms with Gasteiger partial charge in [0.2, 0.25) is 0 Å². The van der Waals surface area contributed by atoms with E-state index < -0.39 is 0 Å². The molecule has 0 unspecified atom stereocenters. The van der Waals surface area contributed by atoms with Crippen molar-refractivity contribution < 1.29 is 9.18 Å². The third-order valence-electron chi connectivity index (χ3n) is 3.42. The summed E-state index contributed by atoms with van der Waals surface area (Å²) in [5.41, 5.74) is 2.52. The predicted molar refractivity (Wildman–Crippen MR) is 72.8 cm³/mol. The van der Waals surface area contributed by atoms with Crippen LogP contribution < -0.4 is 4.90 Å². The van der Waals surface area contributed by atoms with Crippen molar-refractivity contribution in [2.75, 3.05) is 11.4 Å². The van der Waals surface area contributed by atoms with Gasteiger partial charge in [0.1, 0.15) is 5.82 Å². The van der Waals surface area contributed by atoms with Gasteiger partial charge in [-0.3, -0.25) is 4.79 Å². The molecule has 1 heterocycles. The lowest BCUT2D eigenvalue weighted by Gasteiger charge is -2.30. The van der Waals surface area contributed by atoms with Crippen LogP contribution in [0.3, 0.4) is 0 Å². The minimum Gasteiger partial charge on any atom is -0.366 e. The molecule has 1 aliphatic heterocycles. The van der Waals surface area contributed by atoms with E-state index in [1.807, 2.05) is 18.2 Å². The maximum Gasteiger partial charge on any atom is 0.166 e. The average Bonchev–Trinajstić information content (AvgIpc) is 2.43. The van der Waals surface area contributed by atoms with E-state index in [4.69, 9.17) is 0 Å². The summed E-state index contributed by atoms with van der Waals surface area (Å²) in [5.74, 6) is -0.326. The predicted octanol–water partition coefficient (Wildman–Crippen LogP) is 3.42. The topological polar surface area (TPSA) is 20.3 Å². The summed E-state index contributed by atoms with van der Waals surface area (Å²) in [6, 6.07) is 14.5. The van der Waals surface area contributed by atoms with Gasteiger partial charge >= 0.3 is 0 Å². The summed E-state index contributed by atoms with van der Waals surface area (Å²) in [5, 5.41) is 0. The fraction of sp³-hybridized carbons (Fsp3) is 0.188. The first-order valence-electron chi connectivity index (χ1n) is 6.35. The molecule has 0 N–H and O–H groups in total. The molecular weight excluding hydrogens is 241 g/mol. The smallest absolute Gasteiger partial charge is 0.166 e. The average molecular weight is 255 g/mol. The second-order valence-electron chi connectivity index (χ2n) is 4.74. The standard InChI is InChI=1S/C16H14FNO/c17-13-6-7-15-14(10-13)16(19)8-9-18(15)11-12-4-2-1-3-5-12/h1-7,10H,8-9,11H2. The van der Waals surface area contributed by atoms with Crippen molar-refractivity contribution in [2.24, 2.45) is 0 Å². The van der Waals surface area contributed by atoms with Crippen molar-refractivity contribution in [2.45, 2.75) is 13.0 Å². The number of fused-ring (bicyclic) bond motifs is 1. The normalized spacial score (nSPS) is 14.4. The quantitative estimate of drug-likeness (QED) is 0.819. The van der Waals surface area contributed by atoms with Crippen molar-refractivity contribution in [3.8, 4) is 0 Å². The summed E-state index contributed by atoms with van der Waals surface area (Å²) < 4.78 is 13.3. The number of Topliss-reactive ketones (excluding diaryl/α,β-unsaturated/α-hetero) is 1. The fourth-order valence-corrected chi connectivity index (χ4v) is 2.47. The maximum absolute atomic E-state index is 13.3. The van der Waals surface area contributed by atoms with Crippen molar-refractivity contribution in [1.82, 2.24) is 0 Å². The largest absolute Gasteiger partial charge is 0.366 e. The lowest BCUT2D eigenvalue weighted by atomic mass is 9.99. The van der Waals surface area contributed by atoms with Gasteiger partial charge in [0.05, 0.1) is 0 Å². The molecule has 0 fully saturated rings. The van der Waals surface area contributed by atoms with Crippen molar-refractivity contribution in [1.29, 1.82) is 0 Å². The SMILES string of the molecule is O=C1CCN(Cc2ccccc2)c2ccc(F)cc21. The summed E-state index contributed by atoms with van der Waals surface area (Å²) in [7, 11) is 0. The molecule has 1 aliphatic rings. The summed E-state index contributed by atoms with van der Waals surface area (Å²) in [6.45, 7) is 1.43. The van der Waals surface area contributed by atoms with E-state index in [1.54, 1.807) is 6.07 Å². The third-order valence-corrected chi connectivity index (χ3v) is 3.42. The molecule has 0 amide bonds. The van der Waals surface area contributed by atoms with Crippen LogP contribution in [-0.2, 0) is 6.54 Å². The van der Waals surface area contributed by atoms with Gasteiger partial charge in [0, 0.05) is 30.8 Å². The lowest BCUT2D eigenvalue weighted by Crippen LogP contribution is -2.31. The van der Waals surface area contributed by atoms with Crippen LogP contribution in [0.15, 0.2) is 48.5 Å². The Labute approximate surface area is 111 Å².